The summed E-state index contributed by atoms with van der Waals surface area (Å²) in [4.78, 5) is 0. The van der Waals surface area contributed by atoms with Crippen molar-refractivity contribution in [2.75, 3.05) is 0 Å². The molecule has 2 radical (unpaired) electrons. The molecule has 6 rings (SSSR count). The first-order chi connectivity index (χ1) is 16.6. The molecule has 2 heteroatoms. The third kappa shape index (κ3) is 3.26. The number of aryl methyl sites for hydroxylation is 2. The molecule has 1 aromatic heterocycles. The molecule has 0 amide bonds. The van der Waals surface area contributed by atoms with E-state index in [9.17, 15) is 0 Å². The number of hydrogen-bond donors (Lipinski definition) is 0. The van der Waals surface area contributed by atoms with Gasteiger partial charge in [-0.2, -0.15) is 0 Å². The fourth-order valence-corrected chi connectivity index (χ4v) is 5.21. The number of para-hydroxylation sites is 2. The molecule has 0 atom stereocenters. The first kappa shape index (κ1) is 20.6. The van der Waals surface area contributed by atoms with E-state index < -0.39 is 0 Å². The van der Waals surface area contributed by atoms with E-state index in [-0.39, 0.29) is 0 Å². The smallest absolute Gasteiger partial charge is 0.114 e. The first-order valence-electron chi connectivity index (χ1n) is 11.7. The molecule has 0 spiro atoms. The Morgan fingerprint density at radius 3 is 2.06 bits per heavy atom. The molecule has 1 nitrogen and oxygen atoms in total. The molecular formula is C32H24BN. The first-order valence-corrected chi connectivity index (χ1v) is 11.7. The quantitative estimate of drug-likeness (QED) is 0.254. The van der Waals surface area contributed by atoms with Gasteiger partial charge < -0.3 is 4.57 Å². The third-order valence-electron chi connectivity index (χ3n) is 6.80. The minimum atomic E-state index is 0.816. The maximum atomic E-state index is 6.64. The van der Waals surface area contributed by atoms with Crippen LogP contribution in [0.2, 0.25) is 0 Å². The van der Waals surface area contributed by atoms with Crippen LogP contribution in [0.1, 0.15) is 11.1 Å². The summed E-state index contributed by atoms with van der Waals surface area (Å²) in [6.45, 7) is 4.29. The molecule has 0 saturated heterocycles. The highest BCUT2D eigenvalue weighted by Crippen LogP contribution is 2.35. The minimum absolute atomic E-state index is 0.816. The van der Waals surface area contributed by atoms with Crippen LogP contribution in [0, 0.1) is 13.8 Å². The lowest BCUT2D eigenvalue weighted by Crippen LogP contribution is -2.10. The largest absolute Gasteiger partial charge is 0.309 e. The predicted octanol–water partition coefficient (Wildman–Crippen LogP) is 7.53. The van der Waals surface area contributed by atoms with Crippen LogP contribution in [0.5, 0.6) is 0 Å². The van der Waals surface area contributed by atoms with Crippen LogP contribution in [0.25, 0.3) is 49.7 Å². The van der Waals surface area contributed by atoms with Gasteiger partial charge in [-0.25, -0.2) is 0 Å². The SMILES string of the molecule is [B]c1cc(-c2ccc3c(c2)c2ccccc2n3-c2ccccc2)cc(C)c1-c1ccccc1C. The Bertz CT molecular complexity index is 1650. The van der Waals surface area contributed by atoms with Crippen molar-refractivity contribution in [1.82, 2.24) is 4.57 Å². The normalized spacial score (nSPS) is 11.4. The van der Waals surface area contributed by atoms with Crippen LogP contribution >= 0.6 is 0 Å². The number of nitrogens with zero attached hydrogens (tertiary/aromatic N) is 1. The Balaban J connectivity index is 1.55. The zero-order chi connectivity index (χ0) is 23.2. The number of rotatable bonds is 3. The predicted molar refractivity (Wildman–Crippen MR) is 147 cm³/mol. The third-order valence-corrected chi connectivity index (χ3v) is 6.80. The lowest BCUT2D eigenvalue weighted by molar-refractivity contribution is 1.18. The van der Waals surface area contributed by atoms with Gasteiger partial charge in [0.25, 0.3) is 0 Å². The molecule has 0 bridgehead atoms. The van der Waals surface area contributed by atoms with E-state index in [1.165, 1.54) is 49.7 Å². The molecule has 0 N–H and O–H groups in total. The summed E-state index contributed by atoms with van der Waals surface area (Å²) in [6, 6.07) is 38.7. The van der Waals surface area contributed by atoms with Crippen molar-refractivity contribution >= 4 is 35.1 Å². The van der Waals surface area contributed by atoms with Crippen molar-refractivity contribution in [2.45, 2.75) is 13.8 Å². The number of benzene rings is 5. The second-order valence-corrected chi connectivity index (χ2v) is 8.99. The van der Waals surface area contributed by atoms with Gasteiger partial charge in [0.15, 0.2) is 0 Å². The summed E-state index contributed by atoms with van der Waals surface area (Å²) >= 11 is 0. The zero-order valence-corrected chi connectivity index (χ0v) is 19.4. The number of aromatic nitrogens is 1. The van der Waals surface area contributed by atoms with Gasteiger partial charge in [-0.3, -0.25) is 0 Å². The van der Waals surface area contributed by atoms with Gasteiger partial charge in [0.1, 0.15) is 7.85 Å². The summed E-state index contributed by atoms with van der Waals surface area (Å²) in [5, 5.41) is 2.50. The van der Waals surface area contributed by atoms with E-state index in [1.54, 1.807) is 0 Å². The Hall–Kier alpha value is -4.04. The summed E-state index contributed by atoms with van der Waals surface area (Å²) < 4.78 is 2.34. The van der Waals surface area contributed by atoms with E-state index in [4.69, 9.17) is 7.85 Å². The fraction of sp³-hybridized carbons (Fsp3) is 0.0625. The molecule has 0 aliphatic rings. The minimum Gasteiger partial charge on any atom is -0.309 e. The van der Waals surface area contributed by atoms with Gasteiger partial charge in [-0.1, -0.05) is 84.3 Å². The highest BCUT2D eigenvalue weighted by molar-refractivity contribution is 6.36. The van der Waals surface area contributed by atoms with Gasteiger partial charge in [0.2, 0.25) is 0 Å². The van der Waals surface area contributed by atoms with Crippen LogP contribution < -0.4 is 5.46 Å². The van der Waals surface area contributed by atoms with Crippen LogP contribution in [0.4, 0.5) is 0 Å². The highest BCUT2D eigenvalue weighted by atomic mass is 15.0. The molecule has 160 valence electrons. The van der Waals surface area contributed by atoms with Gasteiger partial charge in [0, 0.05) is 16.5 Å². The Labute approximate surface area is 201 Å². The van der Waals surface area contributed by atoms with Gasteiger partial charge in [-0.15, -0.1) is 0 Å². The molecule has 0 aliphatic heterocycles. The Morgan fingerprint density at radius 1 is 0.559 bits per heavy atom. The van der Waals surface area contributed by atoms with E-state index in [0.29, 0.717) is 0 Å². The molecular weight excluding hydrogens is 409 g/mol. The molecule has 0 saturated carbocycles. The molecule has 0 aliphatic carbocycles. The zero-order valence-electron chi connectivity index (χ0n) is 19.4. The average Bonchev–Trinajstić information content (AvgIpc) is 3.19. The van der Waals surface area contributed by atoms with Crippen molar-refractivity contribution in [1.29, 1.82) is 0 Å². The second kappa shape index (κ2) is 8.07. The molecule has 6 aromatic rings. The monoisotopic (exact) mass is 433 g/mol. The van der Waals surface area contributed by atoms with Crippen LogP contribution in [-0.2, 0) is 0 Å². The van der Waals surface area contributed by atoms with Crippen LogP contribution in [0.3, 0.4) is 0 Å². The fourth-order valence-electron chi connectivity index (χ4n) is 5.21. The van der Waals surface area contributed by atoms with Gasteiger partial charge in [-0.05, 0) is 77.6 Å². The van der Waals surface area contributed by atoms with Crippen molar-refractivity contribution in [2.24, 2.45) is 0 Å². The van der Waals surface area contributed by atoms with Gasteiger partial charge >= 0.3 is 0 Å². The van der Waals surface area contributed by atoms with Crippen molar-refractivity contribution in [3.05, 3.63) is 120 Å². The van der Waals surface area contributed by atoms with E-state index >= 15 is 0 Å². The Morgan fingerprint density at radius 2 is 1.26 bits per heavy atom. The van der Waals surface area contributed by atoms with Gasteiger partial charge in [0.05, 0.1) is 11.0 Å². The van der Waals surface area contributed by atoms with Crippen LogP contribution in [0.15, 0.2) is 109 Å². The standard InChI is InChI=1S/C32H24BN/c1-21-10-6-7-13-26(21)32-22(2)18-24(20-29(32)33)23-16-17-31-28(19-23)27-14-8-9-15-30(27)34(31)25-11-4-3-5-12-25/h3-20H,1-2H3. The highest BCUT2D eigenvalue weighted by Gasteiger charge is 2.14. The van der Waals surface area contributed by atoms with E-state index in [0.717, 1.165) is 16.6 Å². The maximum absolute atomic E-state index is 6.64. The second-order valence-electron chi connectivity index (χ2n) is 8.99. The van der Waals surface area contributed by atoms with Crippen LogP contribution in [-0.4, -0.2) is 12.4 Å². The molecule has 5 aromatic carbocycles. The van der Waals surface area contributed by atoms with E-state index in [1.807, 2.05) is 0 Å². The lowest BCUT2D eigenvalue weighted by atomic mass is 9.81. The van der Waals surface area contributed by atoms with Crippen molar-refractivity contribution < 1.29 is 0 Å². The van der Waals surface area contributed by atoms with Crippen molar-refractivity contribution in [3.8, 4) is 27.9 Å². The average molecular weight is 433 g/mol. The summed E-state index contributed by atoms with van der Waals surface area (Å²) in [7, 11) is 6.64. The number of fused-ring (bicyclic) bond motifs is 3. The van der Waals surface area contributed by atoms with E-state index in [2.05, 4.69) is 128 Å². The summed E-state index contributed by atoms with van der Waals surface area (Å²) in [5.74, 6) is 0. The lowest BCUT2D eigenvalue weighted by Gasteiger charge is -2.16. The topological polar surface area (TPSA) is 4.93 Å². The maximum Gasteiger partial charge on any atom is 0.114 e. The molecule has 1 heterocycles. The summed E-state index contributed by atoms with van der Waals surface area (Å²) in [5.41, 5.74) is 11.5. The summed E-state index contributed by atoms with van der Waals surface area (Å²) in [6.07, 6.45) is 0. The molecule has 0 unspecified atom stereocenters. The number of hydrogen-bond acceptors (Lipinski definition) is 0. The molecule has 0 fully saturated rings. The van der Waals surface area contributed by atoms with Crippen molar-refractivity contribution in [3.63, 3.8) is 0 Å². The molecule has 34 heavy (non-hydrogen) atoms. The Kier molecular flexibility index (Phi) is 4.88.